The van der Waals surface area contributed by atoms with Gasteiger partial charge in [-0.25, -0.2) is 8.78 Å². The van der Waals surface area contributed by atoms with Gasteiger partial charge >= 0.3 is 0 Å². The van der Waals surface area contributed by atoms with Crippen molar-refractivity contribution in [3.8, 4) is 11.5 Å². The molecule has 5 nitrogen and oxygen atoms in total. The molecule has 7 heteroatoms. The summed E-state index contributed by atoms with van der Waals surface area (Å²) in [5.74, 6) is -1.50. The predicted molar refractivity (Wildman–Crippen MR) is 99.5 cm³/mol. The maximum Gasteiger partial charge on any atom is 0.261 e. The van der Waals surface area contributed by atoms with E-state index in [2.05, 4.69) is 17.1 Å². The number of aliphatic hydroxyl groups is 1. The van der Waals surface area contributed by atoms with Crippen LogP contribution in [0.4, 0.5) is 8.78 Å². The summed E-state index contributed by atoms with van der Waals surface area (Å²) >= 11 is 0. The lowest BCUT2D eigenvalue weighted by Crippen LogP contribution is -2.37. The molecule has 0 bridgehead atoms. The Morgan fingerprint density at radius 2 is 2.04 bits per heavy atom. The topological polar surface area (TPSA) is 45.2 Å². The van der Waals surface area contributed by atoms with Gasteiger partial charge in [0.15, 0.2) is 11.5 Å². The second-order valence-corrected chi connectivity index (χ2v) is 7.29. The molecule has 1 N–H and O–H groups in total. The summed E-state index contributed by atoms with van der Waals surface area (Å²) in [5, 5.41) is 10.3. The summed E-state index contributed by atoms with van der Waals surface area (Å²) < 4.78 is 37.9. The van der Waals surface area contributed by atoms with Crippen LogP contribution in [0.15, 0.2) is 30.4 Å². The first-order chi connectivity index (χ1) is 12.9. The Kier molecular flexibility index (Phi) is 6.68. The van der Waals surface area contributed by atoms with E-state index in [1.54, 1.807) is 18.1 Å². The monoisotopic (exact) mass is 382 g/mol. The van der Waals surface area contributed by atoms with E-state index in [1.807, 2.05) is 12.1 Å². The number of methoxy groups -OCH3 is 1. The van der Waals surface area contributed by atoms with Gasteiger partial charge in [-0.3, -0.25) is 9.80 Å². The van der Waals surface area contributed by atoms with Gasteiger partial charge in [0.2, 0.25) is 0 Å². The first-order valence-corrected chi connectivity index (χ1v) is 9.40. The van der Waals surface area contributed by atoms with Crippen molar-refractivity contribution in [2.45, 2.75) is 31.4 Å². The smallest absolute Gasteiger partial charge is 0.261 e. The zero-order valence-electron chi connectivity index (χ0n) is 15.7. The van der Waals surface area contributed by atoms with Gasteiger partial charge in [-0.1, -0.05) is 18.2 Å². The molecule has 150 valence electrons. The first-order valence-electron chi connectivity index (χ1n) is 9.40. The van der Waals surface area contributed by atoms with E-state index >= 15 is 0 Å². The number of benzene rings is 1. The Morgan fingerprint density at radius 3 is 2.70 bits per heavy atom. The molecule has 0 aliphatic carbocycles. The van der Waals surface area contributed by atoms with Crippen LogP contribution in [0.5, 0.6) is 11.5 Å². The SMILES string of the molecule is COc1ccc(CN2CCC(F)(F)C2)cc1OCC(O)CN1CC=CCC1. The molecule has 1 atom stereocenters. The summed E-state index contributed by atoms with van der Waals surface area (Å²) in [4.78, 5) is 3.92. The highest BCUT2D eigenvalue weighted by Crippen LogP contribution is 2.31. The number of ether oxygens (including phenoxy) is 2. The molecule has 3 rings (SSSR count). The lowest BCUT2D eigenvalue weighted by molar-refractivity contribution is 0.0115. The van der Waals surface area contributed by atoms with Crippen LogP contribution in [0.2, 0.25) is 0 Å². The van der Waals surface area contributed by atoms with Crippen LogP contribution >= 0.6 is 0 Å². The van der Waals surface area contributed by atoms with Crippen molar-refractivity contribution in [1.82, 2.24) is 9.80 Å². The Hall–Kier alpha value is -1.70. The van der Waals surface area contributed by atoms with E-state index in [1.165, 1.54) is 0 Å². The number of hydrogen-bond acceptors (Lipinski definition) is 5. The number of alkyl halides is 2. The van der Waals surface area contributed by atoms with Gasteiger partial charge in [-0.05, 0) is 24.1 Å². The molecule has 1 fully saturated rings. The molecule has 1 aromatic carbocycles. The third kappa shape index (κ3) is 5.89. The first kappa shape index (κ1) is 20.0. The number of β-amino-alcohol motifs (C(OH)–C–C–N with tert-alkyl or cyclic N) is 1. The third-order valence-electron chi connectivity index (χ3n) is 4.93. The molecule has 2 heterocycles. The van der Waals surface area contributed by atoms with Crippen molar-refractivity contribution in [3.05, 3.63) is 35.9 Å². The predicted octanol–water partition coefficient (Wildman–Crippen LogP) is 2.54. The molecule has 0 aromatic heterocycles. The third-order valence-corrected chi connectivity index (χ3v) is 4.93. The highest BCUT2D eigenvalue weighted by Gasteiger charge is 2.37. The summed E-state index contributed by atoms with van der Waals surface area (Å²) in [5.41, 5.74) is 0.888. The maximum absolute atomic E-state index is 13.4. The molecular formula is C20H28F2N2O3. The van der Waals surface area contributed by atoms with Gasteiger partial charge in [0.1, 0.15) is 12.7 Å². The number of halogens is 2. The average Bonchev–Trinajstić information content (AvgIpc) is 2.99. The summed E-state index contributed by atoms with van der Waals surface area (Å²) in [7, 11) is 1.55. The molecule has 1 aromatic rings. The Bertz CT molecular complexity index is 654. The lowest BCUT2D eigenvalue weighted by Gasteiger charge is -2.25. The van der Waals surface area contributed by atoms with Gasteiger partial charge in [-0.2, -0.15) is 0 Å². The minimum atomic E-state index is -2.60. The van der Waals surface area contributed by atoms with E-state index in [0.717, 1.165) is 25.1 Å². The van der Waals surface area contributed by atoms with Crippen molar-refractivity contribution >= 4 is 0 Å². The largest absolute Gasteiger partial charge is 0.493 e. The second kappa shape index (κ2) is 8.99. The van der Waals surface area contributed by atoms with E-state index < -0.39 is 12.0 Å². The molecule has 2 aliphatic heterocycles. The normalized spacial score (nSPS) is 21.3. The van der Waals surface area contributed by atoms with Crippen LogP contribution in [-0.2, 0) is 6.54 Å². The number of hydrogen-bond donors (Lipinski definition) is 1. The van der Waals surface area contributed by atoms with Crippen LogP contribution in [0.25, 0.3) is 0 Å². The molecule has 0 radical (unpaired) electrons. The van der Waals surface area contributed by atoms with Gasteiger partial charge in [-0.15, -0.1) is 0 Å². The minimum absolute atomic E-state index is 0.0929. The van der Waals surface area contributed by atoms with Crippen LogP contribution < -0.4 is 9.47 Å². The van der Waals surface area contributed by atoms with E-state index in [4.69, 9.17) is 9.47 Å². The van der Waals surface area contributed by atoms with Gasteiger partial charge in [0.25, 0.3) is 5.92 Å². The van der Waals surface area contributed by atoms with Crippen LogP contribution in [0, 0.1) is 0 Å². The van der Waals surface area contributed by atoms with Crippen LogP contribution in [0.3, 0.4) is 0 Å². The molecule has 0 saturated carbocycles. The summed E-state index contributed by atoms with van der Waals surface area (Å²) in [6, 6.07) is 5.45. The highest BCUT2D eigenvalue weighted by molar-refractivity contribution is 5.43. The molecule has 0 amide bonds. The summed E-state index contributed by atoms with van der Waals surface area (Å²) in [6.07, 6.45) is 4.54. The molecule has 2 aliphatic rings. The molecular weight excluding hydrogens is 354 g/mol. The van der Waals surface area contributed by atoms with E-state index in [-0.39, 0.29) is 19.6 Å². The Morgan fingerprint density at radius 1 is 1.19 bits per heavy atom. The number of aliphatic hydroxyl groups excluding tert-OH is 1. The van der Waals surface area contributed by atoms with Crippen molar-refractivity contribution in [3.63, 3.8) is 0 Å². The minimum Gasteiger partial charge on any atom is -0.493 e. The fourth-order valence-electron chi connectivity index (χ4n) is 3.52. The van der Waals surface area contributed by atoms with Crippen molar-refractivity contribution in [2.75, 3.05) is 46.4 Å². The fourth-order valence-corrected chi connectivity index (χ4v) is 3.52. The quantitative estimate of drug-likeness (QED) is 0.700. The van der Waals surface area contributed by atoms with Crippen molar-refractivity contribution < 1.29 is 23.4 Å². The van der Waals surface area contributed by atoms with Gasteiger partial charge in [0.05, 0.1) is 13.7 Å². The zero-order valence-corrected chi connectivity index (χ0v) is 15.7. The van der Waals surface area contributed by atoms with E-state index in [9.17, 15) is 13.9 Å². The van der Waals surface area contributed by atoms with Crippen molar-refractivity contribution in [2.24, 2.45) is 0 Å². The van der Waals surface area contributed by atoms with E-state index in [0.29, 0.717) is 31.1 Å². The number of likely N-dealkylation sites (tertiary alicyclic amines) is 1. The van der Waals surface area contributed by atoms with Gasteiger partial charge in [0, 0.05) is 39.1 Å². The van der Waals surface area contributed by atoms with Crippen LogP contribution in [0.1, 0.15) is 18.4 Å². The molecule has 1 saturated heterocycles. The average molecular weight is 382 g/mol. The summed E-state index contributed by atoms with van der Waals surface area (Å²) in [6.45, 7) is 3.11. The highest BCUT2D eigenvalue weighted by atomic mass is 19.3. The second-order valence-electron chi connectivity index (χ2n) is 7.29. The Labute approximate surface area is 159 Å². The number of nitrogens with zero attached hydrogens (tertiary/aromatic N) is 2. The molecule has 27 heavy (non-hydrogen) atoms. The van der Waals surface area contributed by atoms with Crippen molar-refractivity contribution in [1.29, 1.82) is 0 Å². The standard InChI is InChI=1S/C20H28F2N2O3/c1-26-18-6-5-16(12-24-10-7-20(21,22)15-24)11-19(18)27-14-17(25)13-23-8-3-2-4-9-23/h2-3,5-6,11,17,25H,4,7-10,12-15H2,1H3. The Balaban J connectivity index is 1.55. The number of rotatable bonds is 8. The fraction of sp³-hybridized carbons (Fsp3) is 0.600. The zero-order chi connectivity index (χ0) is 19.3. The lowest BCUT2D eigenvalue weighted by atomic mass is 10.2. The molecule has 0 spiro atoms. The molecule has 1 unspecified atom stereocenters. The van der Waals surface area contributed by atoms with Gasteiger partial charge < -0.3 is 14.6 Å². The van der Waals surface area contributed by atoms with Crippen LogP contribution in [-0.4, -0.2) is 73.4 Å². The maximum atomic E-state index is 13.4.